The molecule has 0 unspecified atom stereocenters. The number of carbonyl (C=O) groups is 1. The first kappa shape index (κ1) is 23.4. The molecule has 13 heteroatoms. The molecule has 0 spiro atoms. The molecule has 0 aliphatic heterocycles. The monoisotopic (exact) mass is 465 g/mol. The van der Waals surface area contributed by atoms with E-state index >= 15 is 0 Å². The van der Waals surface area contributed by atoms with Crippen molar-refractivity contribution in [2.75, 3.05) is 12.4 Å². The largest absolute Gasteiger partial charge is 0.497 e. The van der Waals surface area contributed by atoms with Crippen molar-refractivity contribution in [3.63, 3.8) is 0 Å². The first-order valence-electron chi connectivity index (χ1n) is 9.09. The molecule has 33 heavy (non-hydrogen) atoms. The summed E-state index contributed by atoms with van der Waals surface area (Å²) in [5.74, 6) is -1.83. The van der Waals surface area contributed by atoms with Crippen LogP contribution in [0, 0.1) is 0 Å². The summed E-state index contributed by atoms with van der Waals surface area (Å²) < 4.78 is 50.3. The lowest BCUT2D eigenvalue weighted by atomic mass is 10.2. The van der Waals surface area contributed by atoms with E-state index in [0.29, 0.717) is 27.6 Å². The summed E-state index contributed by atoms with van der Waals surface area (Å²) in [6.45, 7) is -0.761. The Kier molecular flexibility index (Phi) is 6.70. The average molecular weight is 465 g/mol. The zero-order chi connectivity index (χ0) is 24.2. The molecular formula is C20H15F4N5O4. The third kappa shape index (κ3) is 5.50. The zero-order valence-corrected chi connectivity index (χ0v) is 16.8. The number of H-pyrrole nitrogens is 1. The molecule has 4 aromatic rings. The number of nitrogens with one attached hydrogen (secondary N) is 2. The molecule has 2 heterocycles. The van der Waals surface area contributed by atoms with Crippen molar-refractivity contribution < 1.29 is 32.2 Å². The second-order valence-electron chi connectivity index (χ2n) is 6.37. The number of ether oxygens (including phenoxy) is 1. The van der Waals surface area contributed by atoms with Crippen LogP contribution in [-0.2, 0) is 11.5 Å². The maximum Gasteiger partial charge on any atom is 0.490 e. The lowest BCUT2D eigenvalue weighted by Crippen LogP contribution is -2.21. The van der Waals surface area contributed by atoms with Crippen LogP contribution in [0.2, 0.25) is 0 Å². The number of anilines is 2. The van der Waals surface area contributed by atoms with Crippen LogP contribution in [0.4, 0.5) is 29.5 Å². The molecule has 172 valence electrons. The molecule has 4 rings (SSSR count). The summed E-state index contributed by atoms with van der Waals surface area (Å²) in [7, 11) is 1.54. The quantitative estimate of drug-likeness (QED) is 0.389. The van der Waals surface area contributed by atoms with Gasteiger partial charge in [0, 0.05) is 5.39 Å². The van der Waals surface area contributed by atoms with Crippen molar-refractivity contribution in [1.82, 2.24) is 19.9 Å². The van der Waals surface area contributed by atoms with Crippen LogP contribution < -0.4 is 15.6 Å². The Morgan fingerprint density at radius 2 is 1.76 bits per heavy atom. The van der Waals surface area contributed by atoms with Crippen LogP contribution in [0.15, 0.2) is 47.3 Å². The maximum atomic E-state index is 13.4. The number of para-hydroxylation sites is 1. The second kappa shape index (κ2) is 9.46. The van der Waals surface area contributed by atoms with Gasteiger partial charge in [-0.15, -0.1) is 0 Å². The molecule has 0 radical (unpaired) electrons. The number of aliphatic carboxylic acids is 1. The number of carboxylic acids is 1. The Labute approximate surface area is 182 Å². The number of hydrogen-bond acceptors (Lipinski definition) is 7. The summed E-state index contributed by atoms with van der Waals surface area (Å²) in [6, 6.07) is 12.1. The van der Waals surface area contributed by atoms with Crippen molar-refractivity contribution in [1.29, 1.82) is 0 Å². The minimum absolute atomic E-state index is 0.147. The van der Waals surface area contributed by atoms with Gasteiger partial charge < -0.3 is 9.84 Å². The fourth-order valence-electron chi connectivity index (χ4n) is 2.71. The fourth-order valence-corrected chi connectivity index (χ4v) is 2.71. The molecule has 0 saturated heterocycles. The Bertz CT molecular complexity index is 1370. The van der Waals surface area contributed by atoms with E-state index < -0.39 is 18.8 Å². The number of aromatic nitrogens is 4. The van der Waals surface area contributed by atoms with Gasteiger partial charge in [0.05, 0.1) is 29.2 Å². The number of benzene rings is 2. The highest BCUT2D eigenvalue weighted by atomic mass is 19.4. The van der Waals surface area contributed by atoms with E-state index in [1.54, 1.807) is 42.5 Å². The zero-order valence-electron chi connectivity index (χ0n) is 16.8. The molecule has 0 atom stereocenters. The third-order valence-electron chi connectivity index (χ3n) is 4.19. The van der Waals surface area contributed by atoms with Crippen LogP contribution in [0.25, 0.3) is 21.8 Å². The van der Waals surface area contributed by atoms with E-state index in [9.17, 15) is 22.4 Å². The van der Waals surface area contributed by atoms with Gasteiger partial charge in [-0.05, 0) is 30.3 Å². The minimum atomic E-state index is -5.08. The normalized spacial score (nSPS) is 11.1. The molecule has 0 aliphatic rings. The Hall–Kier alpha value is -4.29. The summed E-state index contributed by atoms with van der Waals surface area (Å²) in [5, 5.41) is 11.0. The van der Waals surface area contributed by atoms with E-state index in [2.05, 4.69) is 25.3 Å². The van der Waals surface area contributed by atoms with Crippen molar-refractivity contribution in [3.8, 4) is 5.75 Å². The van der Waals surface area contributed by atoms with Gasteiger partial charge in [-0.2, -0.15) is 13.2 Å². The molecule has 0 fully saturated rings. The van der Waals surface area contributed by atoms with Crippen molar-refractivity contribution in [2.45, 2.75) is 12.9 Å². The second-order valence-corrected chi connectivity index (χ2v) is 6.37. The van der Waals surface area contributed by atoms with Crippen molar-refractivity contribution in [3.05, 3.63) is 58.5 Å². The molecule has 0 saturated carbocycles. The van der Waals surface area contributed by atoms with Gasteiger partial charge in [-0.25, -0.2) is 24.1 Å². The predicted octanol–water partition coefficient (Wildman–Crippen LogP) is 3.72. The highest BCUT2D eigenvalue weighted by Crippen LogP contribution is 2.24. The van der Waals surface area contributed by atoms with E-state index in [-0.39, 0.29) is 23.1 Å². The number of fused-ring (bicyclic) bond motifs is 2. The predicted molar refractivity (Wildman–Crippen MR) is 110 cm³/mol. The number of halogens is 4. The van der Waals surface area contributed by atoms with Crippen LogP contribution >= 0.6 is 0 Å². The lowest BCUT2D eigenvalue weighted by Gasteiger charge is -2.09. The van der Waals surface area contributed by atoms with Crippen molar-refractivity contribution >= 4 is 39.7 Å². The number of hydrogen-bond donors (Lipinski definition) is 3. The van der Waals surface area contributed by atoms with Crippen LogP contribution in [0.5, 0.6) is 5.75 Å². The Morgan fingerprint density at radius 3 is 2.39 bits per heavy atom. The van der Waals surface area contributed by atoms with Gasteiger partial charge in [-0.1, -0.05) is 12.1 Å². The standard InChI is InChI=1S/C18H14FN5O2.C2HF3O2/c1-26-10-6-7-14-12(8-10)15(9-19)22-17(21-14)24-18-20-13-5-3-2-4-11(13)16(25)23-18;3-2(4,5)1(6)7/h2-8H,9H2,1H3,(H2,20,21,22,23,24,25);(H,6,7). The van der Waals surface area contributed by atoms with Gasteiger partial charge >= 0.3 is 12.1 Å². The number of alkyl halides is 4. The summed E-state index contributed by atoms with van der Waals surface area (Å²) >= 11 is 0. The van der Waals surface area contributed by atoms with E-state index in [1.165, 1.54) is 7.11 Å². The van der Waals surface area contributed by atoms with E-state index in [0.717, 1.165) is 0 Å². The molecule has 3 N–H and O–H groups in total. The topological polar surface area (TPSA) is 130 Å². The maximum absolute atomic E-state index is 13.4. The number of carboxylic acid groups (broad SMARTS) is 1. The molecule has 0 bridgehead atoms. The third-order valence-corrected chi connectivity index (χ3v) is 4.19. The number of aromatic amines is 1. The van der Waals surface area contributed by atoms with Crippen LogP contribution in [0.1, 0.15) is 5.69 Å². The SMILES string of the molecule is COc1ccc2nc(Nc3nc4ccccc4c(=O)[nH]3)nc(CF)c2c1.O=C(O)C(F)(F)F. The molecular weight excluding hydrogens is 450 g/mol. The lowest BCUT2D eigenvalue weighted by molar-refractivity contribution is -0.192. The number of nitrogens with zero attached hydrogens (tertiary/aromatic N) is 3. The van der Waals surface area contributed by atoms with Gasteiger partial charge in [0.2, 0.25) is 11.9 Å². The Morgan fingerprint density at radius 1 is 1.09 bits per heavy atom. The van der Waals surface area contributed by atoms with E-state index in [4.69, 9.17) is 14.6 Å². The van der Waals surface area contributed by atoms with Crippen molar-refractivity contribution in [2.24, 2.45) is 0 Å². The summed E-state index contributed by atoms with van der Waals surface area (Å²) in [4.78, 5) is 36.5. The highest BCUT2D eigenvalue weighted by Gasteiger charge is 2.38. The van der Waals surface area contributed by atoms with Crippen LogP contribution in [0.3, 0.4) is 0 Å². The Balaban J connectivity index is 0.000000383. The molecule has 0 amide bonds. The fraction of sp³-hybridized carbons (Fsp3) is 0.150. The molecule has 0 aliphatic carbocycles. The summed E-state index contributed by atoms with van der Waals surface area (Å²) in [5.41, 5.74) is 1.03. The van der Waals surface area contributed by atoms with Crippen LogP contribution in [-0.4, -0.2) is 44.3 Å². The van der Waals surface area contributed by atoms with E-state index in [1.807, 2.05) is 0 Å². The molecule has 2 aromatic heterocycles. The van der Waals surface area contributed by atoms with Gasteiger partial charge in [0.1, 0.15) is 12.4 Å². The number of methoxy groups -OCH3 is 1. The molecule has 2 aromatic carbocycles. The summed E-state index contributed by atoms with van der Waals surface area (Å²) in [6.07, 6.45) is -5.08. The smallest absolute Gasteiger partial charge is 0.490 e. The first-order chi connectivity index (χ1) is 15.6. The molecule has 9 nitrogen and oxygen atoms in total. The average Bonchev–Trinajstić information content (AvgIpc) is 2.78. The minimum Gasteiger partial charge on any atom is -0.497 e. The number of rotatable bonds is 4. The highest BCUT2D eigenvalue weighted by molar-refractivity contribution is 5.84. The van der Waals surface area contributed by atoms with Gasteiger partial charge in [-0.3, -0.25) is 15.1 Å². The van der Waals surface area contributed by atoms with Gasteiger partial charge in [0.15, 0.2) is 0 Å². The first-order valence-corrected chi connectivity index (χ1v) is 9.09. The van der Waals surface area contributed by atoms with Gasteiger partial charge in [0.25, 0.3) is 5.56 Å².